The number of nitrogens with zero attached hydrogens (tertiary/aromatic N) is 1. The fraction of sp³-hybridized carbons (Fsp3) is 0.217. The van der Waals surface area contributed by atoms with Crippen molar-refractivity contribution in [2.75, 3.05) is 11.9 Å². The zero-order valence-corrected chi connectivity index (χ0v) is 18.4. The SMILES string of the molecule is O=C(Nc1ncc(C(=O)NC(CC(F)F)C(=O)O)s1)OCC1c2ccccc2-c2ccccc21. The summed E-state index contributed by atoms with van der Waals surface area (Å²) in [5, 5.41) is 13.5. The number of ether oxygens (including phenoxy) is 1. The molecule has 1 heterocycles. The highest BCUT2D eigenvalue weighted by atomic mass is 32.1. The molecule has 1 aliphatic rings. The number of anilines is 1. The van der Waals surface area contributed by atoms with E-state index >= 15 is 0 Å². The molecule has 3 N–H and O–H groups in total. The number of carbonyl (C=O) groups excluding carboxylic acids is 2. The second-order valence-electron chi connectivity index (χ2n) is 7.47. The number of aliphatic carboxylic acids is 1. The van der Waals surface area contributed by atoms with E-state index in [2.05, 4.69) is 10.3 Å². The van der Waals surface area contributed by atoms with Gasteiger partial charge in [-0.15, -0.1) is 0 Å². The Kier molecular flexibility index (Phi) is 6.82. The van der Waals surface area contributed by atoms with Crippen molar-refractivity contribution in [1.82, 2.24) is 10.3 Å². The number of aromatic nitrogens is 1. The largest absolute Gasteiger partial charge is 0.480 e. The molecule has 4 rings (SSSR count). The Morgan fingerprint density at radius 1 is 1.06 bits per heavy atom. The van der Waals surface area contributed by atoms with E-state index in [1.807, 2.05) is 53.8 Å². The third-order valence-corrected chi connectivity index (χ3v) is 6.21. The third kappa shape index (κ3) is 5.04. The molecule has 34 heavy (non-hydrogen) atoms. The number of carboxylic acid groups (broad SMARTS) is 1. The van der Waals surface area contributed by atoms with Gasteiger partial charge in [0.15, 0.2) is 5.13 Å². The molecule has 0 spiro atoms. The molecule has 1 unspecified atom stereocenters. The molecule has 1 atom stereocenters. The van der Waals surface area contributed by atoms with Gasteiger partial charge in [-0.2, -0.15) is 0 Å². The molecule has 8 nitrogen and oxygen atoms in total. The second kappa shape index (κ2) is 9.96. The van der Waals surface area contributed by atoms with Crippen LogP contribution in [0.15, 0.2) is 54.7 Å². The van der Waals surface area contributed by atoms with Crippen molar-refractivity contribution in [3.63, 3.8) is 0 Å². The average molecular weight is 487 g/mol. The van der Waals surface area contributed by atoms with Gasteiger partial charge in [0.05, 0.1) is 6.20 Å². The van der Waals surface area contributed by atoms with Crippen LogP contribution < -0.4 is 10.6 Å². The molecule has 3 aromatic rings. The Morgan fingerprint density at radius 3 is 2.26 bits per heavy atom. The van der Waals surface area contributed by atoms with Gasteiger partial charge in [-0.1, -0.05) is 59.9 Å². The molecule has 176 valence electrons. The monoisotopic (exact) mass is 487 g/mol. The first-order chi connectivity index (χ1) is 16.3. The van der Waals surface area contributed by atoms with Crippen LogP contribution in [0.25, 0.3) is 11.1 Å². The number of fused-ring (bicyclic) bond motifs is 3. The molecule has 11 heteroatoms. The maximum Gasteiger partial charge on any atom is 0.413 e. The van der Waals surface area contributed by atoms with Gasteiger partial charge < -0.3 is 15.2 Å². The fourth-order valence-electron chi connectivity index (χ4n) is 3.79. The van der Waals surface area contributed by atoms with E-state index in [1.165, 1.54) is 0 Å². The van der Waals surface area contributed by atoms with E-state index in [9.17, 15) is 23.2 Å². The lowest BCUT2D eigenvalue weighted by atomic mass is 9.98. The predicted molar refractivity (Wildman–Crippen MR) is 120 cm³/mol. The van der Waals surface area contributed by atoms with Crippen molar-refractivity contribution < 1.29 is 33.0 Å². The topological polar surface area (TPSA) is 118 Å². The van der Waals surface area contributed by atoms with Crippen LogP contribution >= 0.6 is 11.3 Å². The number of amides is 2. The van der Waals surface area contributed by atoms with E-state index < -0.39 is 36.9 Å². The summed E-state index contributed by atoms with van der Waals surface area (Å²) in [6.45, 7) is 0.0898. The molecular formula is C23H19F2N3O5S. The van der Waals surface area contributed by atoms with Crippen LogP contribution in [-0.2, 0) is 9.53 Å². The number of alkyl halides is 2. The predicted octanol–water partition coefficient (Wildman–Crippen LogP) is 4.34. The Hall–Kier alpha value is -3.86. The van der Waals surface area contributed by atoms with Gasteiger partial charge in [-0.25, -0.2) is 23.4 Å². The molecule has 1 aliphatic carbocycles. The van der Waals surface area contributed by atoms with Gasteiger partial charge in [0.1, 0.15) is 17.5 Å². The molecule has 2 aromatic carbocycles. The van der Waals surface area contributed by atoms with Crippen LogP contribution in [0.4, 0.5) is 18.7 Å². The Labute approximate surface area is 196 Å². The van der Waals surface area contributed by atoms with E-state index in [0.717, 1.165) is 39.8 Å². The van der Waals surface area contributed by atoms with Crippen LogP contribution in [0.3, 0.4) is 0 Å². The zero-order chi connectivity index (χ0) is 24.2. The van der Waals surface area contributed by atoms with Crippen molar-refractivity contribution in [2.45, 2.75) is 24.8 Å². The first kappa shape index (κ1) is 23.3. The van der Waals surface area contributed by atoms with Crippen molar-refractivity contribution in [2.24, 2.45) is 0 Å². The lowest BCUT2D eigenvalue weighted by Crippen LogP contribution is -2.41. The van der Waals surface area contributed by atoms with Crippen LogP contribution in [0.1, 0.15) is 33.1 Å². The number of carbonyl (C=O) groups is 3. The highest BCUT2D eigenvalue weighted by molar-refractivity contribution is 7.17. The van der Waals surface area contributed by atoms with Crippen molar-refractivity contribution >= 4 is 34.4 Å². The minimum Gasteiger partial charge on any atom is -0.480 e. The smallest absolute Gasteiger partial charge is 0.413 e. The number of thiazole rings is 1. The van der Waals surface area contributed by atoms with Crippen molar-refractivity contribution in [3.05, 3.63) is 70.7 Å². The standard InChI is InChI=1S/C23H19F2N3O5S/c24-19(25)9-17(21(30)31)27-20(29)18-10-26-22(34-18)28-23(32)33-11-16-14-7-3-1-5-12(14)13-6-2-4-8-15(13)16/h1-8,10,16-17,19H,9,11H2,(H,27,29)(H,30,31)(H,26,28,32). The number of hydrogen-bond donors (Lipinski definition) is 3. The first-order valence-electron chi connectivity index (χ1n) is 10.2. The first-order valence-corrected chi connectivity index (χ1v) is 11.0. The maximum atomic E-state index is 12.5. The third-order valence-electron chi connectivity index (χ3n) is 5.30. The number of nitrogens with one attached hydrogen (secondary N) is 2. The van der Waals surface area contributed by atoms with Gasteiger partial charge in [0.25, 0.3) is 5.91 Å². The van der Waals surface area contributed by atoms with Gasteiger partial charge in [0.2, 0.25) is 6.43 Å². The summed E-state index contributed by atoms with van der Waals surface area (Å²) in [5.74, 6) is -2.58. The van der Waals surface area contributed by atoms with E-state index in [1.54, 1.807) is 0 Å². The normalized spacial score (nSPS) is 13.1. The average Bonchev–Trinajstić information content (AvgIpc) is 3.39. The summed E-state index contributed by atoms with van der Waals surface area (Å²) >= 11 is 0.762. The number of carboxylic acids is 1. The van der Waals surface area contributed by atoms with Crippen molar-refractivity contribution in [3.8, 4) is 11.1 Å². The summed E-state index contributed by atoms with van der Waals surface area (Å²) in [6.07, 6.45) is -3.58. The summed E-state index contributed by atoms with van der Waals surface area (Å²) in [4.78, 5) is 39.4. The van der Waals surface area contributed by atoms with E-state index in [4.69, 9.17) is 9.84 Å². The molecule has 2 amide bonds. The summed E-state index contributed by atoms with van der Waals surface area (Å²) in [5.41, 5.74) is 4.30. The maximum absolute atomic E-state index is 12.5. The van der Waals surface area contributed by atoms with Gasteiger partial charge in [-0.3, -0.25) is 10.1 Å². The van der Waals surface area contributed by atoms with E-state index in [0.29, 0.717) is 0 Å². The molecule has 0 bridgehead atoms. The molecule has 1 aromatic heterocycles. The van der Waals surface area contributed by atoms with Crippen LogP contribution in [0.2, 0.25) is 0 Å². The summed E-state index contributed by atoms with van der Waals surface area (Å²) < 4.78 is 30.4. The van der Waals surface area contributed by atoms with Crippen molar-refractivity contribution in [1.29, 1.82) is 0 Å². The lowest BCUT2D eigenvalue weighted by molar-refractivity contribution is -0.140. The molecular weight excluding hydrogens is 468 g/mol. The Bertz CT molecular complexity index is 1190. The quantitative estimate of drug-likeness (QED) is 0.435. The van der Waals surface area contributed by atoms with Crippen LogP contribution in [0.5, 0.6) is 0 Å². The number of rotatable bonds is 8. The zero-order valence-electron chi connectivity index (χ0n) is 17.5. The molecule has 0 radical (unpaired) electrons. The number of benzene rings is 2. The minimum absolute atomic E-state index is 0.0445. The molecule has 0 saturated heterocycles. The fourth-order valence-corrected chi connectivity index (χ4v) is 4.49. The Balaban J connectivity index is 1.36. The summed E-state index contributed by atoms with van der Waals surface area (Å²) in [6, 6.07) is 14.0. The van der Waals surface area contributed by atoms with Gasteiger partial charge in [-0.05, 0) is 22.3 Å². The van der Waals surface area contributed by atoms with Gasteiger partial charge in [0, 0.05) is 12.3 Å². The highest BCUT2D eigenvalue weighted by Crippen LogP contribution is 2.44. The van der Waals surface area contributed by atoms with Gasteiger partial charge >= 0.3 is 12.1 Å². The number of halogens is 2. The highest BCUT2D eigenvalue weighted by Gasteiger charge is 2.29. The van der Waals surface area contributed by atoms with Crippen LogP contribution in [-0.4, -0.2) is 47.1 Å². The molecule has 0 fully saturated rings. The Morgan fingerprint density at radius 2 is 1.68 bits per heavy atom. The number of hydrogen-bond acceptors (Lipinski definition) is 6. The minimum atomic E-state index is -2.89. The molecule has 0 aliphatic heterocycles. The second-order valence-corrected chi connectivity index (χ2v) is 8.50. The lowest BCUT2D eigenvalue weighted by Gasteiger charge is -2.14. The van der Waals surface area contributed by atoms with Crippen LogP contribution in [0, 0.1) is 0 Å². The summed E-state index contributed by atoms with van der Waals surface area (Å²) in [7, 11) is 0. The molecule has 0 saturated carbocycles. The van der Waals surface area contributed by atoms with E-state index in [-0.39, 0.29) is 22.5 Å².